The molecular formula is C14H11IN4. The van der Waals surface area contributed by atoms with E-state index >= 15 is 0 Å². The molecule has 0 radical (unpaired) electrons. The molecule has 0 bridgehead atoms. The first kappa shape index (κ1) is 12.3. The van der Waals surface area contributed by atoms with Gasteiger partial charge in [0.1, 0.15) is 12.1 Å². The van der Waals surface area contributed by atoms with Gasteiger partial charge in [0.2, 0.25) is 0 Å². The molecule has 0 aliphatic carbocycles. The van der Waals surface area contributed by atoms with E-state index in [1.807, 2.05) is 18.3 Å². The van der Waals surface area contributed by atoms with Crippen LogP contribution >= 0.6 is 22.6 Å². The Morgan fingerprint density at radius 3 is 2.89 bits per heavy atom. The minimum absolute atomic E-state index is 0.696. The predicted octanol–water partition coefficient (Wildman–Crippen LogP) is 3.24. The minimum Gasteiger partial charge on any atom is -0.365 e. The van der Waals surface area contributed by atoms with Crippen LogP contribution in [0.25, 0.3) is 10.9 Å². The number of fused-ring (bicyclic) bond motifs is 1. The summed E-state index contributed by atoms with van der Waals surface area (Å²) in [4.78, 5) is 12.6. The lowest BCUT2D eigenvalue weighted by atomic mass is 10.1. The molecule has 0 aliphatic rings. The first-order chi connectivity index (χ1) is 9.34. The van der Waals surface area contributed by atoms with Crippen molar-refractivity contribution >= 4 is 39.3 Å². The highest BCUT2D eigenvalue weighted by atomic mass is 127. The van der Waals surface area contributed by atoms with Crippen molar-refractivity contribution in [2.45, 2.75) is 6.54 Å². The first-order valence-corrected chi connectivity index (χ1v) is 6.94. The van der Waals surface area contributed by atoms with E-state index in [-0.39, 0.29) is 0 Å². The molecule has 94 valence electrons. The van der Waals surface area contributed by atoms with E-state index < -0.39 is 0 Å². The average molecular weight is 362 g/mol. The fourth-order valence-electron chi connectivity index (χ4n) is 1.93. The molecule has 1 aromatic carbocycles. The van der Waals surface area contributed by atoms with E-state index in [2.05, 4.69) is 61.1 Å². The van der Waals surface area contributed by atoms with Gasteiger partial charge in [0, 0.05) is 24.3 Å². The Bertz CT molecular complexity index is 709. The number of nitrogens with zero attached hydrogens (tertiary/aromatic N) is 3. The summed E-state index contributed by atoms with van der Waals surface area (Å²) in [5.41, 5.74) is 2.19. The van der Waals surface area contributed by atoms with Crippen LogP contribution in [-0.2, 0) is 6.54 Å². The van der Waals surface area contributed by atoms with Gasteiger partial charge in [-0.05, 0) is 34.2 Å². The second-order valence-corrected chi connectivity index (χ2v) is 5.23. The van der Waals surface area contributed by atoms with Gasteiger partial charge in [0.15, 0.2) is 0 Å². The van der Waals surface area contributed by atoms with Gasteiger partial charge in [-0.3, -0.25) is 4.98 Å². The molecule has 0 fully saturated rings. The van der Waals surface area contributed by atoms with Crippen molar-refractivity contribution in [3.63, 3.8) is 0 Å². The van der Waals surface area contributed by atoms with E-state index in [4.69, 9.17) is 0 Å². The summed E-state index contributed by atoms with van der Waals surface area (Å²) in [6.07, 6.45) is 5.16. The van der Waals surface area contributed by atoms with Crippen LogP contribution in [0.2, 0.25) is 0 Å². The van der Waals surface area contributed by atoms with Gasteiger partial charge >= 0.3 is 0 Å². The minimum atomic E-state index is 0.696. The number of halogens is 1. The lowest BCUT2D eigenvalue weighted by Crippen LogP contribution is -2.04. The highest BCUT2D eigenvalue weighted by Crippen LogP contribution is 2.18. The van der Waals surface area contributed by atoms with Crippen molar-refractivity contribution in [3.8, 4) is 0 Å². The molecule has 0 spiro atoms. The zero-order valence-electron chi connectivity index (χ0n) is 10.0. The topological polar surface area (TPSA) is 50.7 Å². The predicted molar refractivity (Wildman–Crippen MR) is 83.8 cm³/mol. The standard InChI is InChI=1S/C14H11IN4/c15-12-8-16-9-19-14(12)18-7-11-4-1-3-10-5-2-6-17-13(10)11/h1-6,8-9H,7H2,(H,16,18,19). The quantitative estimate of drug-likeness (QED) is 0.727. The summed E-state index contributed by atoms with van der Waals surface area (Å²) in [6.45, 7) is 0.696. The molecular weight excluding hydrogens is 351 g/mol. The summed E-state index contributed by atoms with van der Waals surface area (Å²) in [5.74, 6) is 0.850. The Labute approximate surface area is 124 Å². The fraction of sp³-hybridized carbons (Fsp3) is 0.0714. The second kappa shape index (κ2) is 5.48. The molecule has 0 atom stereocenters. The van der Waals surface area contributed by atoms with Crippen LogP contribution in [0.3, 0.4) is 0 Å². The van der Waals surface area contributed by atoms with E-state index in [0.29, 0.717) is 6.54 Å². The monoisotopic (exact) mass is 362 g/mol. The van der Waals surface area contributed by atoms with Gasteiger partial charge in [-0.15, -0.1) is 0 Å². The third kappa shape index (κ3) is 2.65. The van der Waals surface area contributed by atoms with Crippen molar-refractivity contribution in [1.82, 2.24) is 15.0 Å². The molecule has 2 aromatic heterocycles. The van der Waals surface area contributed by atoms with Crippen LogP contribution in [0.5, 0.6) is 0 Å². The highest BCUT2D eigenvalue weighted by Gasteiger charge is 2.04. The van der Waals surface area contributed by atoms with Crippen LogP contribution in [0, 0.1) is 3.57 Å². The van der Waals surface area contributed by atoms with E-state index in [1.165, 1.54) is 0 Å². The van der Waals surface area contributed by atoms with Gasteiger partial charge in [-0.1, -0.05) is 24.3 Å². The Morgan fingerprint density at radius 2 is 2.00 bits per heavy atom. The van der Waals surface area contributed by atoms with Crippen LogP contribution in [0.4, 0.5) is 5.82 Å². The molecule has 2 heterocycles. The maximum absolute atomic E-state index is 4.44. The first-order valence-electron chi connectivity index (χ1n) is 5.86. The number of rotatable bonds is 3. The maximum atomic E-state index is 4.44. The number of para-hydroxylation sites is 1. The van der Waals surface area contributed by atoms with E-state index in [1.54, 1.807) is 12.5 Å². The normalized spacial score (nSPS) is 10.6. The summed E-state index contributed by atoms with van der Waals surface area (Å²) in [7, 11) is 0. The summed E-state index contributed by atoms with van der Waals surface area (Å²) in [6, 6.07) is 10.2. The number of hydrogen-bond donors (Lipinski definition) is 1. The van der Waals surface area contributed by atoms with E-state index in [0.717, 1.165) is 25.9 Å². The molecule has 0 unspecified atom stereocenters. The second-order valence-electron chi connectivity index (χ2n) is 4.07. The molecule has 1 N–H and O–H groups in total. The maximum Gasteiger partial charge on any atom is 0.143 e. The molecule has 0 aliphatic heterocycles. The number of nitrogens with one attached hydrogen (secondary N) is 1. The smallest absolute Gasteiger partial charge is 0.143 e. The fourth-order valence-corrected chi connectivity index (χ4v) is 2.42. The van der Waals surface area contributed by atoms with Crippen molar-refractivity contribution < 1.29 is 0 Å². The van der Waals surface area contributed by atoms with Crippen molar-refractivity contribution in [2.75, 3.05) is 5.32 Å². The largest absolute Gasteiger partial charge is 0.365 e. The Morgan fingerprint density at radius 1 is 1.11 bits per heavy atom. The van der Waals surface area contributed by atoms with Crippen molar-refractivity contribution in [3.05, 3.63) is 58.2 Å². The van der Waals surface area contributed by atoms with Crippen molar-refractivity contribution in [2.24, 2.45) is 0 Å². The lowest BCUT2D eigenvalue weighted by molar-refractivity contribution is 1.07. The number of anilines is 1. The van der Waals surface area contributed by atoms with Gasteiger partial charge in [0.25, 0.3) is 0 Å². The Kier molecular flexibility index (Phi) is 3.54. The number of benzene rings is 1. The van der Waals surface area contributed by atoms with Crippen molar-refractivity contribution in [1.29, 1.82) is 0 Å². The summed E-state index contributed by atoms with van der Waals surface area (Å²) in [5, 5.41) is 4.47. The molecule has 0 saturated heterocycles. The average Bonchev–Trinajstić information content (AvgIpc) is 2.46. The summed E-state index contributed by atoms with van der Waals surface area (Å²) < 4.78 is 1.01. The van der Waals surface area contributed by atoms with Crippen LogP contribution in [-0.4, -0.2) is 15.0 Å². The summed E-state index contributed by atoms with van der Waals surface area (Å²) >= 11 is 2.22. The Balaban J connectivity index is 1.88. The van der Waals surface area contributed by atoms with Gasteiger partial charge in [-0.2, -0.15) is 0 Å². The van der Waals surface area contributed by atoms with Gasteiger partial charge in [0.05, 0.1) is 9.09 Å². The molecule has 5 heteroatoms. The molecule has 0 amide bonds. The number of hydrogen-bond acceptors (Lipinski definition) is 4. The molecule has 3 rings (SSSR count). The molecule has 4 nitrogen and oxygen atoms in total. The third-order valence-electron chi connectivity index (χ3n) is 2.83. The van der Waals surface area contributed by atoms with Crippen LogP contribution in [0.15, 0.2) is 49.1 Å². The van der Waals surface area contributed by atoms with Crippen LogP contribution < -0.4 is 5.32 Å². The highest BCUT2D eigenvalue weighted by molar-refractivity contribution is 14.1. The SMILES string of the molecule is Ic1cncnc1NCc1cccc2cccnc12. The lowest BCUT2D eigenvalue weighted by Gasteiger charge is -2.08. The zero-order chi connectivity index (χ0) is 13.1. The Hall–Kier alpha value is -1.76. The number of aromatic nitrogens is 3. The number of pyridine rings is 1. The van der Waals surface area contributed by atoms with Gasteiger partial charge < -0.3 is 5.32 Å². The third-order valence-corrected chi connectivity index (χ3v) is 3.62. The molecule has 0 saturated carbocycles. The zero-order valence-corrected chi connectivity index (χ0v) is 12.2. The van der Waals surface area contributed by atoms with Crippen LogP contribution in [0.1, 0.15) is 5.56 Å². The van der Waals surface area contributed by atoms with Gasteiger partial charge in [-0.25, -0.2) is 9.97 Å². The molecule has 3 aromatic rings. The van der Waals surface area contributed by atoms with E-state index in [9.17, 15) is 0 Å². The molecule has 19 heavy (non-hydrogen) atoms.